The molecule has 2 rings (SSSR count). The van der Waals surface area contributed by atoms with E-state index in [0.717, 1.165) is 24.9 Å². The number of aliphatic hydroxyl groups is 1. The van der Waals surface area contributed by atoms with E-state index < -0.39 is 5.97 Å². The van der Waals surface area contributed by atoms with E-state index in [2.05, 4.69) is 4.90 Å². The van der Waals surface area contributed by atoms with Crippen LogP contribution in [0.2, 0.25) is 0 Å². The number of hydrogen-bond donors (Lipinski definition) is 2. The summed E-state index contributed by atoms with van der Waals surface area (Å²) in [5.41, 5.74) is 7.65. The highest BCUT2D eigenvalue weighted by atomic mass is 16.5. The molecule has 5 heteroatoms. The van der Waals surface area contributed by atoms with E-state index >= 15 is 0 Å². The molecular formula is C15H22N2O3. The zero-order valence-corrected chi connectivity index (χ0v) is 12.0. The van der Waals surface area contributed by atoms with Crippen LogP contribution in [0.5, 0.6) is 0 Å². The number of hydrogen-bond acceptors (Lipinski definition) is 5. The fraction of sp³-hybridized carbons (Fsp3) is 0.533. The number of esters is 1. The van der Waals surface area contributed by atoms with Gasteiger partial charge in [0.05, 0.1) is 18.8 Å². The van der Waals surface area contributed by atoms with Gasteiger partial charge in [0.1, 0.15) is 0 Å². The summed E-state index contributed by atoms with van der Waals surface area (Å²) < 4.78 is 4.80. The average Bonchev–Trinajstić information content (AvgIpc) is 2.36. The minimum Gasteiger partial charge on any atom is -0.465 e. The van der Waals surface area contributed by atoms with E-state index in [1.807, 2.05) is 19.2 Å². The molecule has 1 aromatic carbocycles. The van der Waals surface area contributed by atoms with Crippen molar-refractivity contribution < 1.29 is 14.6 Å². The summed E-state index contributed by atoms with van der Waals surface area (Å²) >= 11 is 0. The molecule has 0 aliphatic heterocycles. The molecule has 0 saturated heterocycles. The maximum atomic E-state index is 11.8. The predicted octanol–water partition coefficient (Wildman–Crippen LogP) is 1.26. The van der Waals surface area contributed by atoms with E-state index in [9.17, 15) is 9.90 Å². The molecule has 0 unspecified atom stereocenters. The smallest absolute Gasteiger partial charge is 0.340 e. The molecule has 1 fully saturated rings. The summed E-state index contributed by atoms with van der Waals surface area (Å²) in [7, 11) is 3.37. The van der Waals surface area contributed by atoms with Crippen LogP contribution in [0.4, 0.5) is 5.69 Å². The number of carbonyl (C=O) groups excluding carboxylic acids is 1. The Morgan fingerprint density at radius 3 is 2.80 bits per heavy atom. The van der Waals surface area contributed by atoms with Crippen LogP contribution in [-0.2, 0) is 11.3 Å². The van der Waals surface area contributed by atoms with Crippen molar-refractivity contribution in [2.75, 3.05) is 26.4 Å². The summed E-state index contributed by atoms with van der Waals surface area (Å²) in [6.07, 6.45) is 1.60. The standard InChI is InChI=1S/C15H22N2O3/c1-17(8-10-6-12(18)7-10)9-11-4-3-5-13(16)14(11)15(19)20-2/h3-5,10,12,18H,6-9,16H2,1-2H3. The molecule has 0 aromatic heterocycles. The number of nitrogens with zero attached hydrogens (tertiary/aromatic N) is 1. The van der Waals surface area contributed by atoms with Crippen LogP contribution in [0, 0.1) is 5.92 Å². The molecule has 1 aliphatic rings. The molecule has 1 aliphatic carbocycles. The van der Waals surface area contributed by atoms with Crippen molar-refractivity contribution in [3.05, 3.63) is 29.3 Å². The normalized spacial score (nSPS) is 21.6. The lowest BCUT2D eigenvalue weighted by Crippen LogP contribution is -2.37. The third kappa shape index (κ3) is 3.29. The first kappa shape index (κ1) is 14.8. The molecule has 0 amide bonds. The first-order valence-corrected chi connectivity index (χ1v) is 6.83. The van der Waals surface area contributed by atoms with Crippen LogP contribution in [-0.4, -0.2) is 42.8 Å². The quantitative estimate of drug-likeness (QED) is 0.626. The summed E-state index contributed by atoms with van der Waals surface area (Å²) in [6, 6.07) is 5.45. The molecule has 1 aromatic rings. The van der Waals surface area contributed by atoms with Crippen molar-refractivity contribution in [3.8, 4) is 0 Å². The number of benzene rings is 1. The van der Waals surface area contributed by atoms with Gasteiger partial charge in [-0.15, -0.1) is 0 Å². The average molecular weight is 278 g/mol. The van der Waals surface area contributed by atoms with Crippen molar-refractivity contribution in [1.29, 1.82) is 0 Å². The van der Waals surface area contributed by atoms with Crippen molar-refractivity contribution in [2.45, 2.75) is 25.5 Å². The number of rotatable bonds is 5. The molecule has 3 N–H and O–H groups in total. The lowest BCUT2D eigenvalue weighted by atomic mass is 9.82. The maximum absolute atomic E-state index is 11.8. The molecule has 0 radical (unpaired) electrons. The molecular weight excluding hydrogens is 256 g/mol. The molecule has 1 saturated carbocycles. The molecule has 0 heterocycles. The van der Waals surface area contributed by atoms with E-state index in [1.165, 1.54) is 7.11 Å². The van der Waals surface area contributed by atoms with Crippen LogP contribution in [0.3, 0.4) is 0 Å². The molecule has 0 spiro atoms. The van der Waals surface area contributed by atoms with Crippen LogP contribution in [0.1, 0.15) is 28.8 Å². The highest BCUT2D eigenvalue weighted by Gasteiger charge is 2.28. The summed E-state index contributed by atoms with van der Waals surface area (Å²) in [6.45, 7) is 1.55. The molecule has 110 valence electrons. The Bertz CT molecular complexity index is 484. The Kier molecular flexibility index (Phi) is 4.62. The Morgan fingerprint density at radius 2 is 2.20 bits per heavy atom. The van der Waals surface area contributed by atoms with Crippen molar-refractivity contribution in [2.24, 2.45) is 5.92 Å². The van der Waals surface area contributed by atoms with Gasteiger partial charge < -0.3 is 20.5 Å². The Hall–Kier alpha value is -1.59. The zero-order chi connectivity index (χ0) is 14.7. The van der Waals surface area contributed by atoms with E-state index in [4.69, 9.17) is 10.5 Å². The van der Waals surface area contributed by atoms with Crippen LogP contribution in [0.15, 0.2) is 18.2 Å². The van der Waals surface area contributed by atoms with Gasteiger partial charge in [0, 0.05) is 18.8 Å². The zero-order valence-electron chi connectivity index (χ0n) is 12.0. The van der Waals surface area contributed by atoms with E-state index in [0.29, 0.717) is 23.7 Å². The Morgan fingerprint density at radius 1 is 1.50 bits per heavy atom. The monoisotopic (exact) mass is 278 g/mol. The summed E-state index contributed by atoms with van der Waals surface area (Å²) in [5.74, 6) is 0.142. The van der Waals surface area contributed by atoms with Gasteiger partial charge in [-0.25, -0.2) is 4.79 Å². The highest BCUT2D eigenvalue weighted by molar-refractivity contribution is 5.96. The molecule has 5 nitrogen and oxygen atoms in total. The van der Waals surface area contributed by atoms with Gasteiger partial charge in [-0.3, -0.25) is 0 Å². The largest absolute Gasteiger partial charge is 0.465 e. The number of nitrogens with two attached hydrogens (primary N) is 1. The lowest BCUT2D eigenvalue weighted by Gasteiger charge is -2.34. The number of anilines is 1. The highest BCUT2D eigenvalue weighted by Crippen LogP contribution is 2.28. The minimum absolute atomic E-state index is 0.133. The second-order valence-electron chi connectivity index (χ2n) is 5.56. The number of aliphatic hydroxyl groups excluding tert-OH is 1. The maximum Gasteiger partial charge on any atom is 0.340 e. The lowest BCUT2D eigenvalue weighted by molar-refractivity contribution is 0.0273. The first-order chi connectivity index (χ1) is 9.51. The minimum atomic E-state index is -0.398. The number of carbonyl (C=O) groups is 1. The van der Waals surface area contributed by atoms with Crippen molar-refractivity contribution in [1.82, 2.24) is 4.90 Å². The number of ether oxygens (including phenoxy) is 1. The second-order valence-corrected chi connectivity index (χ2v) is 5.56. The Balaban J connectivity index is 2.04. The van der Waals surface area contributed by atoms with Gasteiger partial charge >= 0.3 is 5.97 Å². The van der Waals surface area contributed by atoms with Gasteiger partial charge in [-0.05, 0) is 37.4 Å². The fourth-order valence-corrected chi connectivity index (χ4v) is 2.75. The number of nitrogen functional groups attached to an aromatic ring is 1. The van der Waals surface area contributed by atoms with Gasteiger partial charge in [0.25, 0.3) is 0 Å². The van der Waals surface area contributed by atoms with Crippen LogP contribution in [0.25, 0.3) is 0 Å². The van der Waals surface area contributed by atoms with Crippen LogP contribution < -0.4 is 5.73 Å². The van der Waals surface area contributed by atoms with Gasteiger partial charge in [0.2, 0.25) is 0 Å². The van der Waals surface area contributed by atoms with Gasteiger partial charge in [-0.1, -0.05) is 12.1 Å². The van der Waals surface area contributed by atoms with Gasteiger partial charge in [-0.2, -0.15) is 0 Å². The van der Waals surface area contributed by atoms with E-state index in [1.54, 1.807) is 6.07 Å². The Labute approximate surface area is 119 Å². The molecule has 20 heavy (non-hydrogen) atoms. The van der Waals surface area contributed by atoms with Crippen molar-refractivity contribution in [3.63, 3.8) is 0 Å². The van der Waals surface area contributed by atoms with Crippen LogP contribution >= 0.6 is 0 Å². The topological polar surface area (TPSA) is 75.8 Å². The molecule has 0 bridgehead atoms. The second kappa shape index (κ2) is 6.24. The van der Waals surface area contributed by atoms with Gasteiger partial charge in [0.15, 0.2) is 0 Å². The predicted molar refractivity (Wildman–Crippen MR) is 77.3 cm³/mol. The summed E-state index contributed by atoms with van der Waals surface area (Å²) in [4.78, 5) is 14.0. The first-order valence-electron chi connectivity index (χ1n) is 6.83. The SMILES string of the molecule is COC(=O)c1c(N)cccc1CN(C)CC1CC(O)C1. The fourth-order valence-electron chi connectivity index (χ4n) is 2.75. The third-order valence-electron chi connectivity index (χ3n) is 3.79. The van der Waals surface area contributed by atoms with Crippen molar-refractivity contribution >= 4 is 11.7 Å². The van der Waals surface area contributed by atoms with E-state index in [-0.39, 0.29) is 6.10 Å². The number of methoxy groups -OCH3 is 1. The summed E-state index contributed by atoms with van der Waals surface area (Å²) in [5, 5.41) is 9.31. The molecule has 0 atom stereocenters. The third-order valence-corrected chi connectivity index (χ3v) is 3.79.